The van der Waals surface area contributed by atoms with E-state index in [0.29, 0.717) is 25.4 Å². The second-order valence-corrected chi connectivity index (χ2v) is 5.60. The molecule has 1 saturated heterocycles. The van der Waals surface area contributed by atoms with Gasteiger partial charge in [-0.1, -0.05) is 6.07 Å². The summed E-state index contributed by atoms with van der Waals surface area (Å²) in [5.41, 5.74) is 0.243. The van der Waals surface area contributed by atoms with E-state index >= 15 is 0 Å². The first-order chi connectivity index (χ1) is 9.15. The lowest BCUT2D eigenvalue weighted by Gasteiger charge is -2.23. The van der Waals surface area contributed by atoms with Crippen LogP contribution in [0.1, 0.15) is 31.2 Å². The summed E-state index contributed by atoms with van der Waals surface area (Å²) in [6.45, 7) is 1.36. The average Bonchev–Trinajstić information content (AvgIpc) is 3.12. The van der Waals surface area contributed by atoms with Crippen molar-refractivity contribution in [1.82, 2.24) is 0 Å². The van der Waals surface area contributed by atoms with Crippen molar-refractivity contribution in [3.05, 3.63) is 29.6 Å². The summed E-state index contributed by atoms with van der Waals surface area (Å²) in [7, 11) is 0. The lowest BCUT2D eigenvalue weighted by Crippen LogP contribution is -2.26. The van der Waals surface area contributed by atoms with Gasteiger partial charge >= 0.3 is 0 Å². The van der Waals surface area contributed by atoms with Crippen molar-refractivity contribution in [2.45, 2.75) is 43.8 Å². The highest BCUT2D eigenvalue weighted by Gasteiger charge is 2.40. The van der Waals surface area contributed by atoms with Crippen LogP contribution < -0.4 is 4.74 Å². The van der Waals surface area contributed by atoms with Crippen LogP contribution in [-0.2, 0) is 11.2 Å². The molecule has 1 heterocycles. The Hall–Kier alpha value is -1.13. The molecule has 0 aromatic heterocycles. The second-order valence-electron chi connectivity index (χ2n) is 5.60. The molecule has 0 spiro atoms. The Morgan fingerprint density at radius 2 is 2.05 bits per heavy atom. The summed E-state index contributed by atoms with van der Waals surface area (Å²) >= 11 is 0. The molecule has 104 valence electrons. The van der Waals surface area contributed by atoms with Gasteiger partial charge in [-0.25, -0.2) is 4.39 Å². The molecule has 0 radical (unpaired) electrons. The van der Waals surface area contributed by atoms with Crippen LogP contribution in [0.4, 0.5) is 4.39 Å². The summed E-state index contributed by atoms with van der Waals surface area (Å²) in [6, 6.07) is 4.99. The molecule has 1 aromatic rings. The van der Waals surface area contributed by atoms with E-state index in [4.69, 9.17) is 9.47 Å². The van der Waals surface area contributed by atoms with Gasteiger partial charge in [0.1, 0.15) is 6.10 Å². The number of halogens is 1. The number of hydrogen-bond acceptors (Lipinski definition) is 3. The molecular formula is C15H19FO3. The van der Waals surface area contributed by atoms with Crippen LogP contribution >= 0.6 is 0 Å². The van der Waals surface area contributed by atoms with Gasteiger partial charge in [-0.05, 0) is 30.5 Å². The summed E-state index contributed by atoms with van der Waals surface area (Å²) in [5, 5.41) is 9.84. The molecule has 1 aliphatic heterocycles. The topological polar surface area (TPSA) is 38.7 Å². The van der Waals surface area contributed by atoms with E-state index < -0.39 is 5.60 Å². The fourth-order valence-corrected chi connectivity index (χ4v) is 2.42. The van der Waals surface area contributed by atoms with Gasteiger partial charge in [0.2, 0.25) is 0 Å². The fraction of sp³-hybridized carbons (Fsp3) is 0.600. The Kier molecular flexibility index (Phi) is 3.46. The number of ether oxygens (including phenoxy) is 2. The highest BCUT2D eigenvalue weighted by molar-refractivity contribution is 5.31. The largest absolute Gasteiger partial charge is 0.487 e. The molecule has 19 heavy (non-hydrogen) atoms. The van der Waals surface area contributed by atoms with E-state index in [9.17, 15) is 9.50 Å². The predicted octanol–water partition coefficient (Wildman–Crippen LogP) is 2.45. The van der Waals surface area contributed by atoms with Crippen LogP contribution in [-0.4, -0.2) is 30.0 Å². The minimum absolute atomic E-state index is 0.0433. The minimum Gasteiger partial charge on any atom is -0.487 e. The SMILES string of the molecule is OC1(Cc2ccc(OC3CCOCC3)c(F)c2)CC1. The Morgan fingerprint density at radius 1 is 1.32 bits per heavy atom. The predicted molar refractivity (Wildman–Crippen MR) is 68.8 cm³/mol. The third-order valence-corrected chi connectivity index (χ3v) is 3.82. The van der Waals surface area contributed by atoms with Gasteiger partial charge in [-0.2, -0.15) is 0 Å². The molecule has 3 nitrogen and oxygen atoms in total. The summed E-state index contributed by atoms with van der Waals surface area (Å²) in [5.74, 6) is -0.0355. The van der Waals surface area contributed by atoms with Crippen LogP contribution in [0.2, 0.25) is 0 Å². The maximum atomic E-state index is 14.0. The molecule has 0 atom stereocenters. The van der Waals surface area contributed by atoms with Crippen molar-refractivity contribution >= 4 is 0 Å². The number of hydrogen-bond donors (Lipinski definition) is 1. The molecule has 0 amide bonds. The van der Waals surface area contributed by atoms with Gasteiger partial charge in [0.05, 0.1) is 18.8 Å². The van der Waals surface area contributed by atoms with Gasteiger partial charge < -0.3 is 14.6 Å². The molecule has 0 bridgehead atoms. The zero-order valence-corrected chi connectivity index (χ0v) is 10.9. The second kappa shape index (κ2) is 5.10. The van der Waals surface area contributed by atoms with Gasteiger partial charge in [0.15, 0.2) is 11.6 Å². The first-order valence-electron chi connectivity index (χ1n) is 6.90. The van der Waals surface area contributed by atoms with Crippen LogP contribution in [0, 0.1) is 5.82 Å². The van der Waals surface area contributed by atoms with Crippen molar-refractivity contribution in [1.29, 1.82) is 0 Å². The first kappa shape index (κ1) is 12.9. The van der Waals surface area contributed by atoms with E-state index in [1.165, 1.54) is 6.07 Å². The van der Waals surface area contributed by atoms with Crippen LogP contribution in [0.5, 0.6) is 5.75 Å². The summed E-state index contributed by atoms with van der Waals surface area (Å²) < 4.78 is 24.9. The van der Waals surface area contributed by atoms with Crippen LogP contribution in [0.3, 0.4) is 0 Å². The molecule has 2 aliphatic rings. The van der Waals surface area contributed by atoms with Gasteiger partial charge in [0, 0.05) is 19.3 Å². The molecule has 0 unspecified atom stereocenters. The van der Waals surface area contributed by atoms with E-state index in [-0.39, 0.29) is 11.9 Å². The smallest absolute Gasteiger partial charge is 0.165 e. The quantitative estimate of drug-likeness (QED) is 0.909. The maximum Gasteiger partial charge on any atom is 0.165 e. The lowest BCUT2D eigenvalue weighted by molar-refractivity contribution is 0.0240. The maximum absolute atomic E-state index is 14.0. The summed E-state index contributed by atoms with van der Waals surface area (Å²) in [4.78, 5) is 0. The third-order valence-electron chi connectivity index (χ3n) is 3.82. The van der Waals surface area contributed by atoms with E-state index in [1.54, 1.807) is 6.07 Å². The Bertz CT molecular complexity index is 451. The Balaban J connectivity index is 1.65. The molecule has 2 fully saturated rings. The zero-order valence-electron chi connectivity index (χ0n) is 10.9. The van der Waals surface area contributed by atoms with Crippen LogP contribution in [0.25, 0.3) is 0 Å². The van der Waals surface area contributed by atoms with E-state index in [0.717, 1.165) is 31.2 Å². The first-order valence-corrected chi connectivity index (χ1v) is 6.90. The number of benzene rings is 1. The normalized spacial score (nSPS) is 22.2. The van der Waals surface area contributed by atoms with Crippen molar-refractivity contribution < 1.29 is 19.0 Å². The standard InChI is InChI=1S/C15H19FO3/c16-13-9-11(10-15(17)5-6-15)1-2-14(13)19-12-3-7-18-8-4-12/h1-2,9,12,17H,3-8,10H2. The van der Waals surface area contributed by atoms with Crippen LogP contribution in [0.15, 0.2) is 18.2 Å². The van der Waals surface area contributed by atoms with Crippen molar-refractivity contribution in [3.63, 3.8) is 0 Å². The number of rotatable bonds is 4. The Labute approximate surface area is 112 Å². The van der Waals surface area contributed by atoms with E-state index in [2.05, 4.69) is 0 Å². The van der Waals surface area contributed by atoms with Crippen molar-refractivity contribution in [2.75, 3.05) is 13.2 Å². The highest BCUT2D eigenvalue weighted by Crippen LogP contribution is 2.38. The van der Waals surface area contributed by atoms with Gasteiger partial charge in [-0.15, -0.1) is 0 Å². The molecule has 3 rings (SSSR count). The fourth-order valence-electron chi connectivity index (χ4n) is 2.42. The molecule has 4 heteroatoms. The zero-order chi connectivity index (χ0) is 13.3. The molecule has 1 N–H and O–H groups in total. The lowest BCUT2D eigenvalue weighted by atomic mass is 10.1. The minimum atomic E-state index is -0.588. The van der Waals surface area contributed by atoms with E-state index in [1.807, 2.05) is 6.07 Å². The molecule has 1 aliphatic carbocycles. The number of aliphatic hydroxyl groups is 1. The Morgan fingerprint density at radius 3 is 2.68 bits per heavy atom. The monoisotopic (exact) mass is 266 g/mol. The van der Waals surface area contributed by atoms with Gasteiger partial charge in [0.25, 0.3) is 0 Å². The average molecular weight is 266 g/mol. The highest BCUT2D eigenvalue weighted by atomic mass is 19.1. The van der Waals surface area contributed by atoms with Gasteiger partial charge in [-0.3, -0.25) is 0 Å². The summed E-state index contributed by atoms with van der Waals surface area (Å²) in [6.07, 6.45) is 3.81. The molecule has 1 aromatic carbocycles. The third kappa shape index (κ3) is 3.25. The molecular weight excluding hydrogens is 247 g/mol. The van der Waals surface area contributed by atoms with Crippen molar-refractivity contribution in [2.24, 2.45) is 0 Å². The van der Waals surface area contributed by atoms with Crippen molar-refractivity contribution in [3.8, 4) is 5.75 Å². The molecule has 1 saturated carbocycles.